The average Bonchev–Trinajstić information content (AvgIpc) is 2.70. The number of hydrogen-bond donors (Lipinski definition) is 0. The summed E-state index contributed by atoms with van der Waals surface area (Å²) in [6.07, 6.45) is -3.47. The summed E-state index contributed by atoms with van der Waals surface area (Å²) < 4.78 is 54.0. The lowest BCUT2D eigenvalue weighted by molar-refractivity contribution is -0.108. The number of aldehydes is 1. The summed E-state index contributed by atoms with van der Waals surface area (Å²) in [5, 5.41) is 8.74. The molecule has 0 N–H and O–H groups in total. The lowest BCUT2D eigenvalue weighted by Gasteiger charge is -2.35. The zero-order chi connectivity index (χ0) is 24.1. The predicted octanol–water partition coefficient (Wildman–Crippen LogP) is 5.87. The number of nitriles is 1. The number of rotatable bonds is 5. The smallest absolute Gasteiger partial charge is 0.302 e. The third kappa shape index (κ3) is 5.67. The standard InChI is InChI=1S/C19H17F4N3O2S.C2H6/c1-10(2)16(9-27)29-15-7-14(13(20)6-12(15)8-24)26-11(3)5-17(19(21,22)23)25(4)18(26)28;1-2/h5-7,9-10,16H,3H2,1-2,4H3;1-2H3. The van der Waals surface area contributed by atoms with Crippen LogP contribution in [0.1, 0.15) is 33.3 Å². The predicted molar refractivity (Wildman–Crippen MR) is 112 cm³/mol. The largest absolute Gasteiger partial charge is 0.431 e. The van der Waals surface area contributed by atoms with Gasteiger partial charge >= 0.3 is 12.2 Å². The van der Waals surface area contributed by atoms with Gasteiger partial charge in [0.05, 0.1) is 16.5 Å². The second-order valence-corrected chi connectivity index (χ2v) is 7.79. The number of anilines is 1. The van der Waals surface area contributed by atoms with E-state index in [-0.39, 0.29) is 27.8 Å². The molecule has 1 heterocycles. The van der Waals surface area contributed by atoms with Crippen molar-refractivity contribution in [2.45, 2.75) is 44.0 Å². The lowest BCUT2D eigenvalue weighted by atomic mass is 10.1. The third-order valence-electron chi connectivity index (χ3n) is 4.19. The highest BCUT2D eigenvalue weighted by atomic mass is 32.2. The highest BCUT2D eigenvalue weighted by molar-refractivity contribution is 8.00. The molecule has 0 aromatic heterocycles. The summed E-state index contributed by atoms with van der Waals surface area (Å²) in [5.41, 5.74) is -2.03. The van der Waals surface area contributed by atoms with Crippen LogP contribution in [0.15, 0.2) is 41.1 Å². The maximum absolute atomic E-state index is 14.7. The van der Waals surface area contributed by atoms with Crippen LogP contribution in [0, 0.1) is 23.1 Å². The number of hydrogen-bond acceptors (Lipinski definition) is 4. The number of alkyl halides is 3. The minimum absolute atomic E-state index is 0.0568. The van der Waals surface area contributed by atoms with Crippen molar-refractivity contribution in [1.29, 1.82) is 5.26 Å². The van der Waals surface area contributed by atoms with Crippen LogP contribution in [-0.2, 0) is 4.79 Å². The van der Waals surface area contributed by atoms with E-state index < -0.39 is 29.0 Å². The Balaban J connectivity index is 0.00000233. The molecule has 0 saturated carbocycles. The summed E-state index contributed by atoms with van der Waals surface area (Å²) >= 11 is 1.01. The SMILES string of the molecule is C=C1C=C(C(F)(F)F)N(C)C(=O)N1c1cc(SC(C=O)C(C)C)c(C#N)cc1F.CC. The minimum Gasteiger partial charge on any atom is -0.302 e. The zero-order valence-corrected chi connectivity index (χ0v) is 18.6. The summed E-state index contributed by atoms with van der Waals surface area (Å²) in [6.45, 7) is 11.0. The average molecular weight is 457 g/mol. The first kappa shape index (κ1) is 26.2. The zero-order valence-electron chi connectivity index (χ0n) is 17.7. The number of thioether (sulfide) groups is 1. The van der Waals surface area contributed by atoms with E-state index in [1.165, 1.54) is 6.07 Å². The monoisotopic (exact) mass is 457 g/mol. The van der Waals surface area contributed by atoms with Crippen LogP contribution in [0.4, 0.5) is 28.0 Å². The Bertz CT molecular complexity index is 936. The molecule has 2 rings (SSSR count). The van der Waals surface area contributed by atoms with Crippen LogP contribution in [0.5, 0.6) is 0 Å². The molecule has 1 aromatic carbocycles. The van der Waals surface area contributed by atoms with Gasteiger partial charge in [0, 0.05) is 17.6 Å². The van der Waals surface area contributed by atoms with E-state index in [0.29, 0.717) is 22.2 Å². The topological polar surface area (TPSA) is 64.4 Å². The highest BCUT2D eigenvalue weighted by Gasteiger charge is 2.43. The van der Waals surface area contributed by atoms with Gasteiger partial charge in [0.15, 0.2) is 0 Å². The molecule has 0 spiro atoms. The molecule has 0 radical (unpaired) electrons. The van der Waals surface area contributed by atoms with Crippen molar-refractivity contribution in [3.8, 4) is 6.07 Å². The van der Waals surface area contributed by atoms with E-state index in [9.17, 15) is 32.4 Å². The number of urea groups is 1. The number of nitrogens with zero attached hydrogens (tertiary/aromatic N) is 3. The molecule has 0 bridgehead atoms. The molecule has 1 atom stereocenters. The Morgan fingerprint density at radius 1 is 1.26 bits per heavy atom. The highest BCUT2D eigenvalue weighted by Crippen LogP contribution is 2.39. The fourth-order valence-electron chi connectivity index (χ4n) is 2.59. The number of halogens is 4. The molecule has 1 unspecified atom stereocenters. The normalized spacial score (nSPS) is 15.2. The number of carbonyl (C=O) groups excluding carboxylic acids is 2. The van der Waals surface area contributed by atoms with E-state index in [1.807, 2.05) is 19.9 Å². The van der Waals surface area contributed by atoms with Gasteiger partial charge in [0.25, 0.3) is 0 Å². The van der Waals surface area contributed by atoms with Crippen molar-refractivity contribution in [1.82, 2.24) is 4.90 Å². The molecule has 0 fully saturated rings. The third-order valence-corrected chi connectivity index (χ3v) is 5.70. The molecule has 1 aliphatic heterocycles. The van der Waals surface area contributed by atoms with Gasteiger partial charge < -0.3 is 4.79 Å². The molecule has 0 aliphatic carbocycles. The van der Waals surface area contributed by atoms with Gasteiger partial charge in [0.2, 0.25) is 0 Å². The summed E-state index contributed by atoms with van der Waals surface area (Å²) in [4.78, 5) is 25.1. The quantitative estimate of drug-likeness (QED) is 0.315. The van der Waals surface area contributed by atoms with Gasteiger partial charge in [-0.2, -0.15) is 18.4 Å². The number of allylic oxidation sites excluding steroid dienone is 2. The Morgan fingerprint density at radius 2 is 1.84 bits per heavy atom. The van der Waals surface area contributed by atoms with Gasteiger partial charge in [-0.25, -0.2) is 9.18 Å². The minimum atomic E-state index is -4.79. The van der Waals surface area contributed by atoms with E-state index in [1.54, 1.807) is 13.8 Å². The number of amides is 2. The van der Waals surface area contributed by atoms with Crippen molar-refractivity contribution in [2.24, 2.45) is 5.92 Å². The van der Waals surface area contributed by atoms with Gasteiger partial charge in [-0.1, -0.05) is 34.3 Å². The van der Waals surface area contributed by atoms with Gasteiger partial charge in [0.1, 0.15) is 23.9 Å². The van der Waals surface area contributed by atoms with E-state index in [0.717, 1.165) is 24.9 Å². The molecular weight excluding hydrogens is 434 g/mol. The van der Waals surface area contributed by atoms with Crippen LogP contribution in [0.25, 0.3) is 0 Å². The number of carbonyl (C=O) groups is 2. The Labute approximate surface area is 183 Å². The second-order valence-electron chi connectivity index (χ2n) is 6.57. The summed E-state index contributed by atoms with van der Waals surface area (Å²) in [7, 11) is 0.916. The molecule has 1 aliphatic rings. The molecule has 168 valence electrons. The molecule has 10 heteroatoms. The molecule has 1 aromatic rings. The first-order chi connectivity index (χ1) is 14.4. The van der Waals surface area contributed by atoms with E-state index in [2.05, 4.69) is 6.58 Å². The maximum Gasteiger partial charge on any atom is 0.431 e. The van der Waals surface area contributed by atoms with Gasteiger partial charge in [-0.05, 0) is 24.1 Å². The van der Waals surface area contributed by atoms with Crippen LogP contribution < -0.4 is 4.90 Å². The van der Waals surface area contributed by atoms with Crippen molar-refractivity contribution >= 4 is 29.8 Å². The Morgan fingerprint density at radius 3 is 2.29 bits per heavy atom. The molecule has 5 nitrogen and oxygen atoms in total. The number of benzene rings is 1. The molecule has 0 saturated heterocycles. The van der Waals surface area contributed by atoms with Crippen molar-refractivity contribution < 1.29 is 27.2 Å². The van der Waals surface area contributed by atoms with E-state index in [4.69, 9.17) is 0 Å². The fourth-order valence-corrected chi connectivity index (χ4v) is 3.62. The first-order valence-corrected chi connectivity index (χ1v) is 10.2. The molecular formula is C21H23F4N3O2S. The van der Waals surface area contributed by atoms with Crippen LogP contribution >= 0.6 is 11.8 Å². The van der Waals surface area contributed by atoms with Crippen molar-refractivity contribution in [3.63, 3.8) is 0 Å². The van der Waals surface area contributed by atoms with Gasteiger partial charge in [-0.3, -0.25) is 9.80 Å². The summed E-state index contributed by atoms with van der Waals surface area (Å²) in [6, 6.07) is 2.71. The fraction of sp³-hybridized carbons (Fsp3) is 0.381. The van der Waals surface area contributed by atoms with Crippen LogP contribution in [0.2, 0.25) is 0 Å². The Kier molecular flexibility index (Phi) is 8.87. The van der Waals surface area contributed by atoms with Crippen LogP contribution in [0.3, 0.4) is 0 Å². The lowest BCUT2D eigenvalue weighted by Crippen LogP contribution is -2.46. The van der Waals surface area contributed by atoms with Crippen molar-refractivity contribution in [3.05, 3.63) is 47.6 Å². The van der Waals surface area contributed by atoms with Crippen LogP contribution in [-0.4, -0.2) is 35.7 Å². The summed E-state index contributed by atoms with van der Waals surface area (Å²) in [5.74, 6) is -1.07. The molecule has 31 heavy (non-hydrogen) atoms. The van der Waals surface area contributed by atoms with E-state index >= 15 is 0 Å². The van der Waals surface area contributed by atoms with Gasteiger partial charge in [-0.15, -0.1) is 11.8 Å². The molecule has 2 amide bonds. The van der Waals surface area contributed by atoms with Crippen molar-refractivity contribution in [2.75, 3.05) is 11.9 Å². The first-order valence-electron chi connectivity index (χ1n) is 9.33. The second kappa shape index (κ2) is 10.5. The maximum atomic E-state index is 14.7. The Hall–Kier alpha value is -2.80.